The van der Waals surface area contributed by atoms with E-state index in [1.165, 1.54) is 6.08 Å². The molecule has 0 heterocycles. The second-order valence-electron chi connectivity index (χ2n) is 2.37. The molecule has 0 saturated carbocycles. The number of nitrogens with zero attached hydrogens (tertiary/aromatic N) is 1. The molecule has 0 aliphatic carbocycles. The maximum atomic E-state index is 9.83. The first-order chi connectivity index (χ1) is 7.09. The molecule has 0 fully saturated rings. The van der Waals surface area contributed by atoms with Gasteiger partial charge in [0, 0.05) is 11.6 Å². The number of hydrogen-bond donors (Lipinski definition) is 1. The van der Waals surface area contributed by atoms with Crippen molar-refractivity contribution < 1.29 is 9.90 Å². The van der Waals surface area contributed by atoms with Crippen molar-refractivity contribution in [2.24, 2.45) is 0 Å². The van der Waals surface area contributed by atoms with Gasteiger partial charge in [-0.25, -0.2) is 4.79 Å². The Hall–Kier alpha value is -2.08. The van der Waals surface area contributed by atoms with E-state index in [1.54, 1.807) is 31.2 Å². The van der Waals surface area contributed by atoms with Gasteiger partial charge in [0.25, 0.3) is 0 Å². The summed E-state index contributed by atoms with van der Waals surface area (Å²) in [6.07, 6.45) is 8.74. The van der Waals surface area contributed by atoms with Gasteiger partial charge in [0.2, 0.25) is 0 Å². The first-order valence-corrected chi connectivity index (χ1v) is 4.35. The maximum Gasteiger partial charge on any atom is 0.330 e. The average Bonchev–Trinajstić information content (AvgIpc) is 2.24. The number of rotatable bonds is 4. The molecule has 0 radical (unpaired) electrons. The Bertz CT molecular complexity index is 306. The third kappa shape index (κ3) is 14.7. The minimum Gasteiger partial charge on any atom is -0.478 e. The molecule has 0 atom stereocenters. The summed E-state index contributed by atoms with van der Waals surface area (Å²) in [5.41, 5.74) is 0.264. The molecule has 0 amide bonds. The van der Waals surface area contributed by atoms with Crippen molar-refractivity contribution in [3.8, 4) is 6.07 Å². The normalized spacial score (nSPS) is 9.07. The quantitative estimate of drug-likeness (QED) is 0.436. The van der Waals surface area contributed by atoms with Crippen LogP contribution >= 0.6 is 0 Å². The van der Waals surface area contributed by atoms with Gasteiger partial charge in [-0.2, -0.15) is 5.26 Å². The molecule has 0 spiro atoms. The summed E-state index contributed by atoms with van der Waals surface area (Å²) in [5.74, 6) is -0.900. The Kier molecular flexibility index (Phi) is 12.2. The van der Waals surface area contributed by atoms with E-state index in [0.29, 0.717) is 6.42 Å². The third-order valence-corrected chi connectivity index (χ3v) is 1.26. The van der Waals surface area contributed by atoms with E-state index in [1.807, 2.05) is 6.07 Å². The van der Waals surface area contributed by atoms with E-state index in [0.717, 1.165) is 0 Å². The second-order valence-corrected chi connectivity index (χ2v) is 2.37. The van der Waals surface area contributed by atoms with Crippen LogP contribution in [-0.2, 0) is 4.79 Å². The van der Waals surface area contributed by atoms with Crippen LogP contribution < -0.4 is 0 Å². The lowest BCUT2D eigenvalue weighted by Crippen LogP contribution is -1.95. The van der Waals surface area contributed by atoms with Crippen LogP contribution in [0.1, 0.15) is 13.3 Å². The van der Waals surface area contributed by atoms with Crippen LogP contribution in [0.25, 0.3) is 0 Å². The Morgan fingerprint density at radius 2 is 2.07 bits per heavy atom. The lowest BCUT2D eigenvalue weighted by molar-refractivity contribution is -0.132. The van der Waals surface area contributed by atoms with Crippen LogP contribution in [0.15, 0.2) is 49.1 Å². The van der Waals surface area contributed by atoms with Gasteiger partial charge in [-0.15, -0.1) is 0 Å². The van der Waals surface area contributed by atoms with E-state index in [4.69, 9.17) is 10.4 Å². The van der Waals surface area contributed by atoms with Crippen molar-refractivity contribution in [1.82, 2.24) is 0 Å². The van der Waals surface area contributed by atoms with Crippen molar-refractivity contribution in [1.29, 1.82) is 5.26 Å². The number of allylic oxidation sites excluding steroid dienone is 5. The standard InChI is InChI=1S/C7H7N.C5H8O2/c1-2-3-4-5-6-7-8;1-3-4(2)5(6)7/h2-6H,1H2;2-3H2,1H3,(H,6,7). The number of aliphatic carboxylic acids is 1. The lowest BCUT2D eigenvalue weighted by Gasteiger charge is -1.87. The Labute approximate surface area is 90.3 Å². The zero-order valence-corrected chi connectivity index (χ0v) is 8.81. The zero-order valence-electron chi connectivity index (χ0n) is 8.81. The van der Waals surface area contributed by atoms with Gasteiger partial charge >= 0.3 is 5.97 Å². The summed E-state index contributed by atoms with van der Waals surface area (Å²) in [7, 11) is 0. The van der Waals surface area contributed by atoms with Gasteiger partial charge in [0.05, 0.1) is 6.07 Å². The minimum atomic E-state index is -0.900. The van der Waals surface area contributed by atoms with Crippen LogP contribution in [0.2, 0.25) is 0 Å². The predicted molar refractivity (Wildman–Crippen MR) is 61.2 cm³/mol. The highest BCUT2D eigenvalue weighted by Crippen LogP contribution is 1.93. The molecule has 0 rings (SSSR count). The molecule has 3 nitrogen and oxygen atoms in total. The first kappa shape index (κ1) is 15.4. The largest absolute Gasteiger partial charge is 0.478 e. The summed E-state index contributed by atoms with van der Waals surface area (Å²) in [4.78, 5) is 9.83. The third-order valence-electron chi connectivity index (χ3n) is 1.26. The van der Waals surface area contributed by atoms with Gasteiger partial charge in [0.1, 0.15) is 0 Å². The van der Waals surface area contributed by atoms with Gasteiger partial charge in [0.15, 0.2) is 0 Å². The van der Waals surface area contributed by atoms with Gasteiger partial charge in [-0.1, -0.05) is 44.4 Å². The van der Waals surface area contributed by atoms with E-state index >= 15 is 0 Å². The molecular formula is C12H15NO2. The van der Waals surface area contributed by atoms with Crippen molar-refractivity contribution in [2.45, 2.75) is 13.3 Å². The summed E-state index contributed by atoms with van der Waals surface area (Å²) < 4.78 is 0. The fourth-order valence-corrected chi connectivity index (χ4v) is 0.393. The van der Waals surface area contributed by atoms with Crippen LogP contribution in [0.5, 0.6) is 0 Å². The van der Waals surface area contributed by atoms with Gasteiger partial charge < -0.3 is 5.11 Å². The SMILES string of the molecule is C=C(CC)C(=O)O.C=CC=CC=CC#N. The van der Waals surface area contributed by atoms with Gasteiger partial charge in [-0.3, -0.25) is 0 Å². The summed E-state index contributed by atoms with van der Waals surface area (Å²) in [5, 5.41) is 16.1. The molecule has 0 bridgehead atoms. The first-order valence-electron chi connectivity index (χ1n) is 4.35. The van der Waals surface area contributed by atoms with E-state index < -0.39 is 5.97 Å². The highest BCUT2D eigenvalue weighted by Gasteiger charge is 1.96. The average molecular weight is 205 g/mol. The molecule has 0 unspecified atom stereocenters. The zero-order chi connectivity index (χ0) is 12.1. The van der Waals surface area contributed by atoms with Crippen molar-refractivity contribution in [2.75, 3.05) is 0 Å². The molecular weight excluding hydrogens is 190 g/mol. The minimum absolute atomic E-state index is 0.264. The van der Waals surface area contributed by atoms with Crippen molar-refractivity contribution in [3.63, 3.8) is 0 Å². The molecule has 1 N–H and O–H groups in total. The molecule has 0 aliphatic heterocycles. The molecule has 0 aliphatic rings. The van der Waals surface area contributed by atoms with E-state index in [9.17, 15) is 4.79 Å². The van der Waals surface area contributed by atoms with Crippen LogP contribution in [-0.4, -0.2) is 11.1 Å². The predicted octanol–water partition coefficient (Wildman–Crippen LogP) is 2.85. The highest BCUT2D eigenvalue weighted by atomic mass is 16.4. The highest BCUT2D eigenvalue weighted by molar-refractivity contribution is 5.85. The molecule has 0 saturated heterocycles. The van der Waals surface area contributed by atoms with Crippen molar-refractivity contribution in [3.05, 3.63) is 49.1 Å². The van der Waals surface area contributed by atoms with Crippen LogP contribution in [0.4, 0.5) is 0 Å². The molecule has 15 heavy (non-hydrogen) atoms. The van der Waals surface area contributed by atoms with Crippen molar-refractivity contribution >= 4 is 5.97 Å². The Morgan fingerprint density at radius 3 is 2.33 bits per heavy atom. The molecule has 0 aromatic heterocycles. The molecule has 3 heteroatoms. The smallest absolute Gasteiger partial charge is 0.330 e. The second kappa shape index (κ2) is 11.9. The fourth-order valence-electron chi connectivity index (χ4n) is 0.393. The number of nitriles is 1. The van der Waals surface area contributed by atoms with E-state index in [2.05, 4.69) is 13.2 Å². The maximum absolute atomic E-state index is 9.83. The number of carboxylic acids is 1. The molecule has 0 aromatic rings. The van der Waals surface area contributed by atoms with Crippen LogP contribution in [0, 0.1) is 11.3 Å². The summed E-state index contributed by atoms with van der Waals surface area (Å²) in [6.45, 7) is 8.49. The monoisotopic (exact) mass is 205 g/mol. The van der Waals surface area contributed by atoms with E-state index in [-0.39, 0.29) is 5.57 Å². The summed E-state index contributed by atoms with van der Waals surface area (Å²) in [6, 6.07) is 1.86. The van der Waals surface area contributed by atoms with Crippen LogP contribution in [0.3, 0.4) is 0 Å². The number of carbonyl (C=O) groups is 1. The topological polar surface area (TPSA) is 61.1 Å². The lowest BCUT2D eigenvalue weighted by atomic mass is 10.2. The Balaban J connectivity index is 0. The molecule has 0 aromatic carbocycles. The summed E-state index contributed by atoms with van der Waals surface area (Å²) >= 11 is 0. The fraction of sp³-hybridized carbons (Fsp3) is 0.167. The Morgan fingerprint density at radius 1 is 1.47 bits per heavy atom. The number of hydrogen-bond acceptors (Lipinski definition) is 2. The number of carboxylic acid groups (broad SMARTS) is 1. The molecule has 80 valence electrons. The van der Waals surface area contributed by atoms with Gasteiger partial charge in [-0.05, 0) is 6.42 Å².